The van der Waals surface area contributed by atoms with Crippen LogP contribution in [-0.4, -0.2) is 53.3 Å². The Hall–Kier alpha value is -2.52. The van der Waals surface area contributed by atoms with Gasteiger partial charge < -0.3 is 10.1 Å². The Morgan fingerprint density at radius 1 is 1.15 bits per heavy atom. The molecule has 0 aromatic carbocycles. The third kappa shape index (κ3) is 3.93. The molecule has 2 aliphatic rings. The Balaban J connectivity index is 1.58. The molecule has 0 spiro atoms. The second-order valence-electron chi connectivity index (χ2n) is 6.73. The predicted molar refractivity (Wildman–Crippen MR) is 96.4 cm³/mol. The first-order chi connectivity index (χ1) is 13.0. The first kappa shape index (κ1) is 17.9. The Bertz CT molecular complexity index is 903. The summed E-state index contributed by atoms with van der Waals surface area (Å²) in [5, 5.41) is 2.91. The highest BCUT2D eigenvalue weighted by molar-refractivity contribution is 7.89. The Morgan fingerprint density at radius 2 is 1.89 bits per heavy atom. The number of hydrogen-bond donors (Lipinski definition) is 1. The molecule has 2 atom stereocenters. The molecule has 0 bridgehead atoms. The van der Waals surface area contributed by atoms with Gasteiger partial charge in [-0.2, -0.15) is 4.31 Å². The second-order valence-corrected chi connectivity index (χ2v) is 8.62. The molecule has 1 N–H and O–H groups in total. The van der Waals surface area contributed by atoms with Gasteiger partial charge in [0.15, 0.2) is 0 Å². The lowest BCUT2D eigenvalue weighted by Gasteiger charge is -2.22. The molecule has 1 aliphatic carbocycles. The molecule has 27 heavy (non-hydrogen) atoms. The zero-order valence-electron chi connectivity index (χ0n) is 14.6. The van der Waals surface area contributed by atoms with Gasteiger partial charge in [0.2, 0.25) is 15.9 Å². The minimum atomic E-state index is -3.86. The van der Waals surface area contributed by atoms with Crippen LogP contribution in [0.3, 0.4) is 0 Å². The van der Waals surface area contributed by atoms with Gasteiger partial charge in [0, 0.05) is 31.1 Å². The monoisotopic (exact) mass is 388 g/mol. The number of carbonyl (C=O) groups excluding carboxylic acids is 1. The van der Waals surface area contributed by atoms with Crippen molar-refractivity contribution in [1.29, 1.82) is 0 Å². The van der Waals surface area contributed by atoms with Crippen LogP contribution in [0.4, 0.5) is 0 Å². The predicted octanol–water partition coefficient (Wildman–Crippen LogP) is 0.966. The molecule has 142 valence electrons. The molecule has 1 amide bonds. The first-order valence-corrected chi connectivity index (χ1v) is 10.3. The van der Waals surface area contributed by atoms with Crippen molar-refractivity contribution in [1.82, 2.24) is 19.6 Å². The van der Waals surface area contributed by atoms with Crippen molar-refractivity contribution in [2.45, 2.75) is 42.3 Å². The molecule has 1 saturated heterocycles. The molecule has 2 fully saturated rings. The van der Waals surface area contributed by atoms with Gasteiger partial charge >= 0.3 is 0 Å². The Kier molecular flexibility index (Phi) is 4.79. The molecular formula is C18H20N4O4S. The van der Waals surface area contributed by atoms with Gasteiger partial charge in [0.25, 0.3) is 0 Å². The van der Waals surface area contributed by atoms with Crippen molar-refractivity contribution in [3.8, 4) is 5.75 Å². The van der Waals surface area contributed by atoms with Crippen LogP contribution < -0.4 is 10.1 Å². The van der Waals surface area contributed by atoms with E-state index in [0.29, 0.717) is 5.75 Å². The fraction of sp³-hybridized carbons (Fsp3) is 0.389. The van der Waals surface area contributed by atoms with Crippen LogP contribution in [-0.2, 0) is 14.8 Å². The summed E-state index contributed by atoms with van der Waals surface area (Å²) in [5.74, 6) is 0.270. The fourth-order valence-corrected chi connectivity index (χ4v) is 4.72. The molecule has 1 saturated carbocycles. The van der Waals surface area contributed by atoms with Crippen LogP contribution in [0, 0.1) is 0 Å². The van der Waals surface area contributed by atoms with Gasteiger partial charge in [-0.05, 0) is 37.1 Å². The number of ether oxygens (including phenoxy) is 1. The highest BCUT2D eigenvalue weighted by Gasteiger charge is 2.46. The number of rotatable bonds is 6. The molecule has 0 radical (unpaired) electrons. The smallest absolute Gasteiger partial charge is 0.245 e. The number of nitrogens with one attached hydrogen (secondary N) is 1. The fourth-order valence-electron chi connectivity index (χ4n) is 3.13. The van der Waals surface area contributed by atoms with Gasteiger partial charge in [-0.15, -0.1) is 0 Å². The Labute approximate surface area is 157 Å². The first-order valence-electron chi connectivity index (χ1n) is 8.83. The van der Waals surface area contributed by atoms with E-state index in [9.17, 15) is 13.2 Å². The van der Waals surface area contributed by atoms with Crippen LogP contribution >= 0.6 is 0 Å². The zero-order valence-corrected chi connectivity index (χ0v) is 15.4. The molecular weight excluding hydrogens is 368 g/mol. The summed E-state index contributed by atoms with van der Waals surface area (Å²) in [7, 11) is -3.86. The highest BCUT2D eigenvalue weighted by Crippen LogP contribution is 2.29. The van der Waals surface area contributed by atoms with Crippen molar-refractivity contribution >= 4 is 15.9 Å². The minimum absolute atomic E-state index is 0.0660. The average Bonchev–Trinajstić information content (AvgIpc) is 3.39. The van der Waals surface area contributed by atoms with Crippen LogP contribution in [0.1, 0.15) is 19.3 Å². The maximum atomic E-state index is 13.1. The summed E-state index contributed by atoms with van der Waals surface area (Å²) in [6.07, 6.45) is 7.72. The number of amides is 1. The van der Waals surface area contributed by atoms with Crippen molar-refractivity contribution in [2.75, 3.05) is 6.54 Å². The lowest BCUT2D eigenvalue weighted by molar-refractivity contribution is -0.124. The number of nitrogens with zero attached hydrogens (tertiary/aromatic N) is 3. The number of aromatic nitrogens is 2. The SMILES string of the molecule is O=C(NC1CC1)[C@@H]1C[C@H](Oc2cccnc2)CN1S(=O)(=O)c1cccnc1. The van der Waals surface area contributed by atoms with Gasteiger partial charge in [-0.3, -0.25) is 14.8 Å². The third-order valence-electron chi connectivity index (χ3n) is 4.62. The van der Waals surface area contributed by atoms with E-state index in [1.165, 1.54) is 22.8 Å². The van der Waals surface area contributed by atoms with Crippen LogP contribution in [0.25, 0.3) is 0 Å². The zero-order chi connectivity index (χ0) is 18.9. The van der Waals surface area contributed by atoms with Crippen molar-refractivity contribution in [3.05, 3.63) is 49.1 Å². The molecule has 9 heteroatoms. The third-order valence-corrected chi connectivity index (χ3v) is 6.48. The van der Waals surface area contributed by atoms with E-state index in [-0.39, 0.29) is 29.8 Å². The van der Waals surface area contributed by atoms with Gasteiger partial charge in [0.05, 0.1) is 12.7 Å². The number of pyridine rings is 2. The van der Waals surface area contributed by atoms with Crippen molar-refractivity contribution < 1.29 is 17.9 Å². The Morgan fingerprint density at radius 3 is 2.52 bits per heavy atom. The van der Waals surface area contributed by atoms with Crippen LogP contribution in [0.2, 0.25) is 0 Å². The maximum Gasteiger partial charge on any atom is 0.245 e. The highest BCUT2D eigenvalue weighted by atomic mass is 32.2. The summed E-state index contributed by atoms with van der Waals surface area (Å²) in [5.41, 5.74) is 0. The van der Waals surface area contributed by atoms with E-state index in [2.05, 4.69) is 15.3 Å². The summed E-state index contributed by atoms with van der Waals surface area (Å²) >= 11 is 0. The standard InChI is InChI=1S/C18H20N4O4S/c23-18(21-13-5-6-13)17-9-15(26-14-3-1-7-19-10-14)12-22(17)27(24,25)16-4-2-8-20-11-16/h1-4,7-8,10-11,13,15,17H,5-6,9,12H2,(H,21,23)/t15-,17-/m0/s1. The van der Waals surface area contributed by atoms with E-state index in [1.807, 2.05) is 0 Å². The van der Waals surface area contributed by atoms with Crippen molar-refractivity contribution in [2.24, 2.45) is 0 Å². The topological polar surface area (TPSA) is 101 Å². The van der Waals surface area contributed by atoms with Crippen LogP contribution in [0.5, 0.6) is 5.75 Å². The maximum absolute atomic E-state index is 13.1. The van der Waals surface area contributed by atoms with Gasteiger partial charge in [-0.1, -0.05) is 0 Å². The van der Waals surface area contributed by atoms with E-state index in [4.69, 9.17) is 4.74 Å². The lowest BCUT2D eigenvalue weighted by Crippen LogP contribution is -2.46. The second kappa shape index (κ2) is 7.24. The normalized spacial score (nSPS) is 23.1. The van der Waals surface area contributed by atoms with E-state index < -0.39 is 22.2 Å². The average molecular weight is 388 g/mol. The number of hydrogen-bond acceptors (Lipinski definition) is 6. The summed E-state index contributed by atoms with van der Waals surface area (Å²) < 4.78 is 33.3. The largest absolute Gasteiger partial charge is 0.487 e. The molecule has 0 unspecified atom stereocenters. The summed E-state index contributed by atoms with van der Waals surface area (Å²) in [6.45, 7) is 0.0921. The quantitative estimate of drug-likeness (QED) is 0.791. The molecule has 8 nitrogen and oxygen atoms in total. The molecule has 4 rings (SSSR count). The summed E-state index contributed by atoms with van der Waals surface area (Å²) in [4.78, 5) is 20.6. The lowest BCUT2D eigenvalue weighted by atomic mass is 10.2. The van der Waals surface area contributed by atoms with Crippen LogP contribution in [0.15, 0.2) is 53.9 Å². The number of carbonyl (C=O) groups is 1. The molecule has 3 heterocycles. The molecule has 2 aromatic heterocycles. The van der Waals surface area contributed by atoms with E-state index in [0.717, 1.165) is 12.8 Å². The van der Waals surface area contributed by atoms with Gasteiger partial charge in [0.1, 0.15) is 22.8 Å². The molecule has 1 aliphatic heterocycles. The van der Waals surface area contributed by atoms with Gasteiger partial charge in [-0.25, -0.2) is 8.42 Å². The van der Waals surface area contributed by atoms with E-state index >= 15 is 0 Å². The van der Waals surface area contributed by atoms with E-state index in [1.54, 1.807) is 30.6 Å². The number of sulfonamides is 1. The van der Waals surface area contributed by atoms with Crippen molar-refractivity contribution in [3.63, 3.8) is 0 Å². The summed E-state index contributed by atoms with van der Waals surface area (Å²) in [6, 6.07) is 5.88. The minimum Gasteiger partial charge on any atom is -0.487 e. The molecule has 2 aromatic rings.